The van der Waals surface area contributed by atoms with Crippen molar-refractivity contribution in [2.45, 2.75) is 27.3 Å². The van der Waals surface area contributed by atoms with Crippen LogP contribution in [0.25, 0.3) is 0 Å². The van der Waals surface area contributed by atoms with Crippen molar-refractivity contribution in [3.8, 4) is 0 Å². The summed E-state index contributed by atoms with van der Waals surface area (Å²) >= 11 is 0. The summed E-state index contributed by atoms with van der Waals surface area (Å²) in [4.78, 5) is 2.23. The lowest BCUT2D eigenvalue weighted by molar-refractivity contribution is 0.911. The molecule has 0 radical (unpaired) electrons. The minimum atomic E-state index is 0.807. The minimum absolute atomic E-state index is 0.807. The highest BCUT2D eigenvalue weighted by Crippen LogP contribution is 2.21. The van der Waals surface area contributed by atoms with Gasteiger partial charge < -0.3 is 10.6 Å². The van der Waals surface area contributed by atoms with Crippen molar-refractivity contribution in [3.63, 3.8) is 0 Å². The fourth-order valence-corrected chi connectivity index (χ4v) is 2.30. The molecule has 2 aromatic rings. The first kappa shape index (κ1) is 13.5. The number of benzene rings is 2. The first-order valence-corrected chi connectivity index (χ1v) is 6.61. The second-order valence-corrected chi connectivity index (χ2v) is 5.31. The fourth-order valence-electron chi connectivity index (χ4n) is 2.30. The highest BCUT2D eigenvalue weighted by molar-refractivity contribution is 5.56. The molecule has 0 spiro atoms. The van der Waals surface area contributed by atoms with Crippen LogP contribution in [0, 0.1) is 20.8 Å². The summed E-state index contributed by atoms with van der Waals surface area (Å²) in [5, 5.41) is 0. The molecule has 0 unspecified atom stereocenters. The standard InChI is InChI=1S/C17H22N2/c1-12-8-14(3)15(9-13(12)2)11-19(4)17-7-5-6-16(18)10-17/h5-10H,11,18H2,1-4H3. The van der Waals surface area contributed by atoms with Gasteiger partial charge in [-0.3, -0.25) is 0 Å². The lowest BCUT2D eigenvalue weighted by Crippen LogP contribution is -2.17. The van der Waals surface area contributed by atoms with Crippen molar-refractivity contribution < 1.29 is 0 Å². The second-order valence-electron chi connectivity index (χ2n) is 5.31. The average Bonchev–Trinajstić information content (AvgIpc) is 2.36. The Morgan fingerprint density at radius 3 is 2.32 bits per heavy atom. The van der Waals surface area contributed by atoms with Gasteiger partial charge in [0.1, 0.15) is 0 Å². The number of nitrogens with two attached hydrogens (primary N) is 1. The summed E-state index contributed by atoms with van der Waals surface area (Å²) in [5.74, 6) is 0. The van der Waals surface area contributed by atoms with E-state index < -0.39 is 0 Å². The Bertz CT molecular complexity index is 588. The van der Waals surface area contributed by atoms with Gasteiger partial charge in [-0.25, -0.2) is 0 Å². The van der Waals surface area contributed by atoms with E-state index in [1.165, 1.54) is 22.3 Å². The maximum Gasteiger partial charge on any atom is 0.0428 e. The van der Waals surface area contributed by atoms with Crippen LogP contribution in [0.3, 0.4) is 0 Å². The Kier molecular flexibility index (Phi) is 3.79. The van der Waals surface area contributed by atoms with Gasteiger partial charge >= 0.3 is 0 Å². The Morgan fingerprint density at radius 2 is 1.63 bits per heavy atom. The zero-order valence-electron chi connectivity index (χ0n) is 12.2. The highest BCUT2D eigenvalue weighted by atomic mass is 15.1. The number of aryl methyl sites for hydroxylation is 3. The molecule has 2 rings (SSSR count). The molecule has 0 aromatic heterocycles. The van der Waals surface area contributed by atoms with E-state index in [1.807, 2.05) is 18.2 Å². The van der Waals surface area contributed by atoms with Crippen molar-refractivity contribution in [2.75, 3.05) is 17.7 Å². The number of anilines is 2. The SMILES string of the molecule is Cc1cc(C)c(CN(C)c2cccc(N)c2)cc1C. The zero-order chi connectivity index (χ0) is 14.0. The molecule has 2 aromatic carbocycles. The van der Waals surface area contributed by atoms with Crippen molar-refractivity contribution in [1.82, 2.24) is 0 Å². The molecule has 2 nitrogen and oxygen atoms in total. The molecule has 0 aliphatic rings. The average molecular weight is 254 g/mol. The monoisotopic (exact) mass is 254 g/mol. The predicted octanol–water partition coefficient (Wildman–Crippen LogP) is 3.83. The molecule has 0 saturated carbocycles. The third-order valence-electron chi connectivity index (χ3n) is 3.67. The molecule has 0 saturated heterocycles. The van der Waals surface area contributed by atoms with Crippen LogP contribution in [-0.4, -0.2) is 7.05 Å². The summed E-state index contributed by atoms with van der Waals surface area (Å²) in [5.41, 5.74) is 13.2. The molecule has 0 fully saturated rings. The van der Waals surface area contributed by atoms with Crippen molar-refractivity contribution in [3.05, 3.63) is 58.7 Å². The van der Waals surface area contributed by atoms with Crippen LogP contribution >= 0.6 is 0 Å². The minimum Gasteiger partial charge on any atom is -0.399 e. The Labute approximate surface area is 115 Å². The molecule has 100 valence electrons. The van der Waals surface area contributed by atoms with Crippen LogP contribution in [-0.2, 0) is 6.54 Å². The first-order valence-electron chi connectivity index (χ1n) is 6.61. The van der Waals surface area contributed by atoms with E-state index in [0.717, 1.165) is 17.9 Å². The van der Waals surface area contributed by atoms with Crippen LogP contribution in [0.1, 0.15) is 22.3 Å². The third-order valence-corrected chi connectivity index (χ3v) is 3.67. The molecule has 19 heavy (non-hydrogen) atoms. The van der Waals surface area contributed by atoms with Gasteiger partial charge in [0, 0.05) is 25.0 Å². The summed E-state index contributed by atoms with van der Waals surface area (Å²) in [6.07, 6.45) is 0. The molecule has 0 aliphatic heterocycles. The predicted molar refractivity (Wildman–Crippen MR) is 83.6 cm³/mol. The van der Waals surface area contributed by atoms with Crippen molar-refractivity contribution >= 4 is 11.4 Å². The summed E-state index contributed by atoms with van der Waals surface area (Å²) < 4.78 is 0. The number of rotatable bonds is 3. The van der Waals surface area contributed by atoms with Crippen molar-refractivity contribution in [1.29, 1.82) is 0 Å². The summed E-state index contributed by atoms with van der Waals surface area (Å²) in [7, 11) is 2.10. The van der Waals surface area contributed by atoms with E-state index in [2.05, 4.69) is 50.9 Å². The molecule has 0 amide bonds. The zero-order valence-corrected chi connectivity index (χ0v) is 12.2. The molecule has 0 aliphatic carbocycles. The van der Waals surface area contributed by atoms with E-state index in [-0.39, 0.29) is 0 Å². The lowest BCUT2D eigenvalue weighted by Gasteiger charge is -2.21. The van der Waals surface area contributed by atoms with E-state index in [0.29, 0.717) is 0 Å². The number of nitrogen functional groups attached to an aromatic ring is 1. The Balaban J connectivity index is 2.24. The first-order chi connectivity index (χ1) is 8.97. The molecular weight excluding hydrogens is 232 g/mol. The van der Waals surface area contributed by atoms with Gasteiger partial charge in [0.2, 0.25) is 0 Å². The molecule has 0 atom stereocenters. The van der Waals surface area contributed by atoms with Gasteiger partial charge in [0.25, 0.3) is 0 Å². The smallest absolute Gasteiger partial charge is 0.0428 e. The molecular formula is C17H22N2. The van der Waals surface area contributed by atoms with Crippen LogP contribution < -0.4 is 10.6 Å². The lowest BCUT2D eigenvalue weighted by atomic mass is 10.0. The maximum atomic E-state index is 5.84. The van der Waals surface area contributed by atoms with E-state index >= 15 is 0 Å². The normalized spacial score (nSPS) is 10.5. The topological polar surface area (TPSA) is 29.3 Å². The van der Waals surface area contributed by atoms with Gasteiger partial charge in [0.15, 0.2) is 0 Å². The third kappa shape index (κ3) is 3.08. The van der Waals surface area contributed by atoms with Gasteiger partial charge in [-0.1, -0.05) is 18.2 Å². The molecule has 0 bridgehead atoms. The van der Waals surface area contributed by atoms with Gasteiger partial charge in [-0.05, 0) is 61.2 Å². The highest BCUT2D eigenvalue weighted by Gasteiger charge is 2.06. The second kappa shape index (κ2) is 5.35. The maximum absolute atomic E-state index is 5.84. The molecule has 2 heteroatoms. The molecule has 2 N–H and O–H groups in total. The van der Waals surface area contributed by atoms with Gasteiger partial charge in [-0.2, -0.15) is 0 Å². The van der Waals surface area contributed by atoms with Gasteiger partial charge in [-0.15, -0.1) is 0 Å². The van der Waals surface area contributed by atoms with Crippen LogP contribution in [0.2, 0.25) is 0 Å². The van der Waals surface area contributed by atoms with Crippen LogP contribution in [0.5, 0.6) is 0 Å². The van der Waals surface area contributed by atoms with Crippen molar-refractivity contribution in [2.24, 2.45) is 0 Å². The van der Waals surface area contributed by atoms with Gasteiger partial charge in [0.05, 0.1) is 0 Å². The summed E-state index contributed by atoms with van der Waals surface area (Å²) in [6.45, 7) is 7.40. The van der Waals surface area contributed by atoms with E-state index in [1.54, 1.807) is 0 Å². The van der Waals surface area contributed by atoms with E-state index in [9.17, 15) is 0 Å². The van der Waals surface area contributed by atoms with Crippen LogP contribution in [0.4, 0.5) is 11.4 Å². The summed E-state index contributed by atoms with van der Waals surface area (Å²) in [6, 6.07) is 12.6. The Hall–Kier alpha value is -1.96. The quantitative estimate of drug-likeness (QED) is 0.843. The van der Waals surface area contributed by atoms with Crippen LogP contribution in [0.15, 0.2) is 36.4 Å². The number of hydrogen-bond donors (Lipinski definition) is 1. The molecule has 0 heterocycles. The number of hydrogen-bond acceptors (Lipinski definition) is 2. The van der Waals surface area contributed by atoms with E-state index in [4.69, 9.17) is 5.73 Å². The largest absolute Gasteiger partial charge is 0.399 e. The number of nitrogens with zero attached hydrogens (tertiary/aromatic N) is 1. The Morgan fingerprint density at radius 1 is 0.947 bits per heavy atom. The fraction of sp³-hybridized carbons (Fsp3) is 0.294.